The van der Waals surface area contributed by atoms with Crippen LogP contribution in [0, 0.1) is 5.82 Å². The normalized spacial score (nSPS) is 16.1. The molecule has 30 heavy (non-hydrogen) atoms. The number of hydrazine groups is 1. The van der Waals surface area contributed by atoms with Crippen molar-refractivity contribution < 1.29 is 9.18 Å². The molecule has 6 nitrogen and oxygen atoms in total. The van der Waals surface area contributed by atoms with Crippen LogP contribution in [0.5, 0.6) is 0 Å². The molecule has 152 valence electrons. The number of pyridine rings is 1. The van der Waals surface area contributed by atoms with Crippen LogP contribution in [-0.4, -0.2) is 10.5 Å². The van der Waals surface area contributed by atoms with Crippen molar-refractivity contribution in [2.75, 3.05) is 0 Å². The molecular weight excluding hydrogens is 383 g/mol. The van der Waals surface area contributed by atoms with Gasteiger partial charge in [0, 0.05) is 18.5 Å². The average molecular weight is 404 g/mol. The number of carbonyl (C=O) groups excluding carboxylic acids is 1. The van der Waals surface area contributed by atoms with Crippen molar-refractivity contribution in [1.29, 1.82) is 0 Å². The highest BCUT2D eigenvalue weighted by Gasteiger charge is 2.16. The van der Waals surface area contributed by atoms with Crippen LogP contribution in [0.1, 0.15) is 40.5 Å². The summed E-state index contributed by atoms with van der Waals surface area (Å²) in [5, 5.41) is 2.94. The standard InChI is InChI=1S/C23H21FN4O2/c1-15(16-5-4-6-17(13-16)20-11-12-25-27-20)26-23(30)18-9-10-22(29)28(14-18)21-8-3-2-7-19(21)24/h2-15,20,25,27H,1H3,(H,26,30)/t15-,20?/m1/s1. The molecule has 7 heteroatoms. The number of para-hydroxylation sites is 1. The number of carbonyl (C=O) groups is 1. The van der Waals surface area contributed by atoms with E-state index in [9.17, 15) is 14.0 Å². The maximum Gasteiger partial charge on any atom is 0.255 e. The third-order valence-electron chi connectivity index (χ3n) is 5.01. The Labute approximate surface area is 173 Å². The average Bonchev–Trinajstić information content (AvgIpc) is 3.30. The van der Waals surface area contributed by atoms with Crippen LogP contribution in [0.25, 0.3) is 5.69 Å². The van der Waals surface area contributed by atoms with Gasteiger partial charge in [0.2, 0.25) is 0 Å². The summed E-state index contributed by atoms with van der Waals surface area (Å²) in [6.45, 7) is 1.89. The number of aromatic nitrogens is 1. The van der Waals surface area contributed by atoms with E-state index in [0.717, 1.165) is 15.7 Å². The minimum Gasteiger partial charge on any atom is -0.345 e. The molecule has 1 aliphatic rings. The van der Waals surface area contributed by atoms with E-state index in [1.807, 2.05) is 43.5 Å². The van der Waals surface area contributed by atoms with Gasteiger partial charge in [-0.1, -0.05) is 36.4 Å². The molecule has 1 aromatic heterocycles. The predicted octanol–water partition coefficient (Wildman–Crippen LogP) is 3.13. The number of amides is 1. The third-order valence-corrected chi connectivity index (χ3v) is 5.01. The molecule has 0 fully saturated rings. The van der Waals surface area contributed by atoms with Crippen LogP contribution < -0.4 is 21.7 Å². The number of nitrogens with zero attached hydrogens (tertiary/aromatic N) is 1. The molecule has 3 N–H and O–H groups in total. The van der Waals surface area contributed by atoms with E-state index in [0.29, 0.717) is 0 Å². The number of hydrogen-bond acceptors (Lipinski definition) is 4. The van der Waals surface area contributed by atoms with E-state index in [-0.39, 0.29) is 29.2 Å². The molecule has 0 saturated carbocycles. The number of rotatable bonds is 5. The van der Waals surface area contributed by atoms with Gasteiger partial charge in [-0.2, -0.15) is 0 Å². The smallest absolute Gasteiger partial charge is 0.255 e. The summed E-state index contributed by atoms with van der Waals surface area (Å²) in [6, 6.07) is 16.4. The lowest BCUT2D eigenvalue weighted by molar-refractivity contribution is 0.0939. The minimum absolute atomic E-state index is 0.0668. The maximum atomic E-state index is 14.1. The highest BCUT2D eigenvalue weighted by atomic mass is 19.1. The van der Waals surface area contributed by atoms with Gasteiger partial charge in [0.1, 0.15) is 5.82 Å². The first-order chi connectivity index (χ1) is 14.5. The molecule has 0 spiro atoms. The molecule has 4 rings (SSSR count). The number of benzene rings is 2. The Balaban J connectivity index is 1.55. The van der Waals surface area contributed by atoms with Crippen molar-refractivity contribution in [3.05, 3.63) is 112 Å². The lowest BCUT2D eigenvalue weighted by atomic mass is 10.0. The summed E-state index contributed by atoms with van der Waals surface area (Å²) in [7, 11) is 0. The Hall–Kier alpha value is -3.71. The van der Waals surface area contributed by atoms with Crippen LogP contribution in [-0.2, 0) is 0 Å². The largest absolute Gasteiger partial charge is 0.345 e. The molecule has 0 bridgehead atoms. The van der Waals surface area contributed by atoms with E-state index in [1.165, 1.54) is 30.5 Å². The van der Waals surface area contributed by atoms with Crippen molar-refractivity contribution >= 4 is 5.91 Å². The lowest BCUT2D eigenvalue weighted by Crippen LogP contribution is -2.29. The fraction of sp³-hybridized carbons (Fsp3) is 0.130. The van der Waals surface area contributed by atoms with Gasteiger partial charge < -0.3 is 10.7 Å². The van der Waals surface area contributed by atoms with Crippen LogP contribution in [0.15, 0.2) is 83.9 Å². The van der Waals surface area contributed by atoms with Crippen molar-refractivity contribution in [2.45, 2.75) is 19.0 Å². The highest BCUT2D eigenvalue weighted by molar-refractivity contribution is 5.94. The van der Waals surface area contributed by atoms with Crippen LogP contribution in [0.2, 0.25) is 0 Å². The Morgan fingerprint density at radius 1 is 1.13 bits per heavy atom. The van der Waals surface area contributed by atoms with Crippen molar-refractivity contribution in [3.63, 3.8) is 0 Å². The molecule has 1 aliphatic heterocycles. The first kappa shape index (κ1) is 19.6. The van der Waals surface area contributed by atoms with Gasteiger partial charge >= 0.3 is 0 Å². The number of nitrogens with one attached hydrogen (secondary N) is 3. The van der Waals surface area contributed by atoms with Crippen LogP contribution >= 0.6 is 0 Å². The summed E-state index contributed by atoms with van der Waals surface area (Å²) in [4.78, 5) is 25.0. The van der Waals surface area contributed by atoms with Crippen molar-refractivity contribution in [1.82, 2.24) is 20.7 Å². The molecule has 2 heterocycles. The molecule has 2 aromatic carbocycles. The zero-order chi connectivity index (χ0) is 21.1. The number of halogens is 1. The topological polar surface area (TPSA) is 75.2 Å². The Morgan fingerprint density at radius 2 is 1.97 bits per heavy atom. The zero-order valence-electron chi connectivity index (χ0n) is 16.3. The van der Waals surface area contributed by atoms with E-state index in [2.05, 4.69) is 16.2 Å². The monoisotopic (exact) mass is 404 g/mol. The van der Waals surface area contributed by atoms with Crippen molar-refractivity contribution in [3.8, 4) is 5.69 Å². The summed E-state index contributed by atoms with van der Waals surface area (Å²) in [6.07, 6.45) is 5.21. The summed E-state index contributed by atoms with van der Waals surface area (Å²) in [5.41, 5.74) is 8.05. The van der Waals surface area contributed by atoms with Gasteiger partial charge in [-0.3, -0.25) is 14.2 Å². The van der Waals surface area contributed by atoms with Gasteiger partial charge in [-0.05, 0) is 42.3 Å². The van der Waals surface area contributed by atoms with E-state index in [4.69, 9.17) is 0 Å². The lowest BCUT2D eigenvalue weighted by Gasteiger charge is -2.17. The molecule has 1 amide bonds. The van der Waals surface area contributed by atoms with E-state index >= 15 is 0 Å². The second-order valence-electron chi connectivity index (χ2n) is 7.07. The first-order valence-corrected chi connectivity index (χ1v) is 9.59. The van der Waals surface area contributed by atoms with Crippen LogP contribution in [0.3, 0.4) is 0 Å². The molecule has 0 saturated heterocycles. The Kier molecular flexibility index (Phi) is 5.45. The van der Waals surface area contributed by atoms with E-state index in [1.54, 1.807) is 12.1 Å². The van der Waals surface area contributed by atoms with Gasteiger partial charge in [0.25, 0.3) is 11.5 Å². The maximum absolute atomic E-state index is 14.1. The quantitative estimate of drug-likeness (QED) is 0.611. The minimum atomic E-state index is -0.536. The summed E-state index contributed by atoms with van der Waals surface area (Å²) >= 11 is 0. The third kappa shape index (κ3) is 4.01. The Morgan fingerprint density at radius 3 is 2.73 bits per heavy atom. The van der Waals surface area contributed by atoms with Gasteiger partial charge in [-0.25, -0.2) is 9.82 Å². The second kappa shape index (κ2) is 8.34. The SMILES string of the molecule is C[C@@H](NC(=O)c1ccc(=O)n(-c2ccccc2F)c1)c1cccc(C2C=CNN2)c1. The molecule has 2 atom stereocenters. The molecule has 0 radical (unpaired) electrons. The van der Waals surface area contributed by atoms with E-state index < -0.39 is 11.4 Å². The molecular formula is C23H21FN4O2. The molecule has 3 aromatic rings. The summed E-state index contributed by atoms with van der Waals surface area (Å²) < 4.78 is 15.3. The zero-order valence-corrected chi connectivity index (χ0v) is 16.3. The highest BCUT2D eigenvalue weighted by Crippen LogP contribution is 2.21. The molecule has 1 unspecified atom stereocenters. The second-order valence-corrected chi connectivity index (χ2v) is 7.07. The fourth-order valence-corrected chi connectivity index (χ4v) is 3.37. The summed E-state index contributed by atoms with van der Waals surface area (Å²) in [5.74, 6) is -0.884. The van der Waals surface area contributed by atoms with Gasteiger partial charge in [-0.15, -0.1) is 0 Å². The first-order valence-electron chi connectivity index (χ1n) is 9.59. The van der Waals surface area contributed by atoms with Crippen molar-refractivity contribution in [2.24, 2.45) is 0 Å². The fourth-order valence-electron chi connectivity index (χ4n) is 3.37. The van der Waals surface area contributed by atoms with Gasteiger partial charge in [0.05, 0.1) is 23.3 Å². The predicted molar refractivity (Wildman–Crippen MR) is 112 cm³/mol. The molecule has 0 aliphatic carbocycles. The number of hydrogen-bond donors (Lipinski definition) is 3. The van der Waals surface area contributed by atoms with Crippen LogP contribution in [0.4, 0.5) is 4.39 Å². The Bertz CT molecular complexity index is 1170. The van der Waals surface area contributed by atoms with Gasteiger partial charge in [0.15, 0.2) is 0 Å².